The number of carbonyl (C=O) groups is 1. The number of nitrogens with zero attached hydrogens (tertiary/aromatic N) is 2. The average Bonchev–Trinajstić information content (AvgIpc) is 3.22. The Hall–Kier alpha value is -4.05. The molecule has 0 spiro atoms. The summed E-state index contributed by atoms with van der Waals surface area (Å²) in [4.78, 5) is 38.9. The first-order chi connectivity index (χ1) is 20.0. The zero-order valence-electron chi connectivity index (χ0n) is 23.1. The third-order valence-electron chi connectivity index (χ3n) is 6.77. The summed E-state index contributed by atoms with van der Waals surface area (Å²) in [5, 5.41) is 23.5. The molecule has 1 aromatic heterocycles. The number of esters is 1. The number of nitriles is 1. The Morgan fingerprint density at radius 2 is 1.81 bits per heavy atom. The van der Waals surface area contributed by atoms with Gasteiger partial charge in [-0.15, -0.1) is 0 Å². The minimum atomic E-state index is -4.34. The summed E-state index contributed by atoms with van der Waals surface area (Å²) < 4.78 is 37.5. The summed E-state index contributed by atoms with van der Waals surface area (Å²) in [6.45, 7) is 3.94. The van der Waals surface area contributed by atoms with Crippen molar-refractivity contribution in [3.05, 3.63) is 99.3 Å². The van der Waals surface area contributed by atoms with Gasteiger partial charge in [0.15, 0.2) is 6.23 Å². The van der Waals surface area contributed by atoms with Gasteiger partial charge < -0.3 is 19.1 Å². The molecular formula is C28H31N4O9P. The van der Waals surface area contributed by atoms with Crippen LogP contribution in [0.3, 0.4) is 0 Å². The van der Waals surface area contributed by atoms with Crippen molar-refractivity contribution in [3.63, 3.8) is 0 Å². The number of carbonyl (C=O) groups excluding carboxylic acids is 1. The molecule has 7 atom stereocenters. The fourth-order valence-electron chi connectivity index (χ4n) is 4.37. The summed E-state index contributed by atoms with van der Waals surface area (Å²) in [7, 11) is -4.34. The van der Waals surface area contributed by atoms with E-state index in [2.05, 4.69) is 10.1 Å². The van der Waals surface area contributed by atoms with Gasteiger partial charge in [0.2, 0.25) is 0 Å². The molecule has 14 heteroatoms. The number of aliphatic hydroxyl groups is 1. The van der Waals surface area contributed by atoms with Gasteiger partial charge in [0, 0.05) is 12.3 Å². The molecule has 1 fully saturated rings. The Morgan fingerprint density at radius 3 is 2.43 bits per heavy atom. The van der Waals surface area contributed by atoms with Crippen LogP contribution in [0.15, 0.2) is 82.5 Å². The van der Waals surface area contributed by atoms with Crippen LogP contribution in [0, 0.1) is 16.7 Å². The third-order valence-corrected chi connectivity index (χ3v) is 8.42. The first-order valence-electron chi connectivity index (χ1n) is 13.0. The second kappa shape index (κ2) is 12.9. The zero-order chi connectivity index (χ0) is 30.5. The van der Waals surface area contributed by atoms with Crippen molar-refractivity contribution in [3.8, 4) is 11.8 Å². The molecule has 0 aliphatic carbocycles. The van der Waals surface area contributed by atoms with Crippen molar-refractivity contribution < 1.29 is 33.0 Å². The number of benzene rings is 2. The molecule has 2 unspecified atom stereocenters. The van der Waals surface area contributed by atoms with Crippen LogP contribution >= 0.6 is 7.75 Å². The van der Waals surface area contributed by atoms with E-state index < -0.39 is 67.6 Å². The van der Waals surface area contributed by atoms with Gasteiger partial charge in [-0.05, 0) is 38.5 Å². The normalized spacial score (nSPS) is 24.6. The van der Waals surface area contributed by atoms with E-state index in [-0.39, 0.29) is 5.75 Å². The van der Waals surface area contributed by atoms with Gasteiger partial charge in [-0.25, -0.2) is 9.36 Å². The lowest BCUT2D eigenvalue weighted by Crippen LogP contribution is -2.41. The minimum Gasteiger partial charge on any atom is -0.457 e. The maximum Gasteiger partial charge on any atom is 0.459 e. The second-order valence-corrected chi connectivity index (χ2v) is 11.6. The summed E-state index contributed by atoms with van der Waals surface area (Å²) in [6.07, 6.45) is -3.52. The molecule has 1 saturated heterocycles. The van der Waals surface area contributed by atoms with Gasteiger partial charge in [0.25, 0.3) is 5.56 Å². The van der Waals surface area contributed by atoms with Crippen molar-refractivity contribution in [1.29, 1.82) is 5.26 Å². The molecule has 1 aliphatic rings. The Balaban J connectivity index is 1.52. The summed E-state index contributed by atoms with van der Waals surface area (Å²) in [5.74, 6) is -0.558. The lowest BCUT2D eigenvalue weighted by molar-refractivity contribution is -0.150. The number of hydrogen-bond donors (Lipinski definition) is 3. The average molecular weight is 599 g/mol. The lowest BCUT2D eigenvalue weighted by Gasteiger charge is -2.26. The number of aliphatic hydroxyl groups excluding tert-OH is 1. The molecule has 0 amide bonds. The van der Waals surface area contributed by atoms with E-state index in [1.807, 2.05) is 24.3 Å². The number of nitrogens with one attached hydrogen (secondary N) is 2. The van der Waals surface area contributed by atoms with Crippen molar-refractivity contribution in [2.45, 2.75) is 51.4 Å². The van der Waals surface area contributed by atoms with Gasteiger partial charge in [-0.2, -0.15) is 10.3 Å². The molecule has 0 bridgehead atoms. The van der Waals surface area contributed by atoms with Crippen LogP contribution in [0.4, 0.5) is 0 Å². The highest BCUT2D eigenvalue weighted by molar-refractivity contribution is 7.52. The van der Waals surface area contributed by atoms with E-state index in [0.29, 0.717) is 0 Å². The SMILES string of the molecule is C[C@H](NP(=O)(OC[C@H]1OC(n2ccc(=O)[nH]c2=O)[C@](C)(C#N)[C@@H]1O)Oc1ccccc1)C(=O)O[C@H](C)c1ccccc1. The van der Waals surface area contributed by atoms with E-state index in [4.69, 9.17) is 18.5 Å². The highest BCUT2D eigenvalue weighted by atomic mass is 31.2. The van der Waals surface area contributed by atoms with E-state index in [1.54, 1.807) is 37.3 Å². The van der Waals surface area contributed by atoms with Gasteiger partial charge in [-0.1, -0.05) is 48.5 Å². The first kappa shape index (κ1) is 30.9. The maximum atomic E-state index is 13.9. The number of aromatic nitrogens is 2. The molecule has 3 aromatic rings. The Labute approximate surface area is 241 Å². The van der Waals surface area contributed by atoms with Crippen LogP contribution in [0.25, 0.3) is 0 Å². The second-order valence-electron chi connectivity index (χ2n) is 9.92. The number of rotatable bonds is 11. The summed E-state index contributed by atoms with van der Waals surface area (Å²) in [6, 6.07) is 19.0. The third kappa shape index (κ3) is 6.87. The Kier molecular flexibility index (Phi) is 9.46. The standard InChI is InChI=1S/C28H31N4O9P/c1-18(25(35)39-19(2)20-10-6-4-7-11-20)31-42(37,41-21-12-8-5-9-13-21)38-16-22-24(34)28(3,17-29)26(40-22)32-15-14-23(33)30-27(32)36/h4-15,18-19,22,24,26,34H,16H2,1-3H3,(H,31,37)(H,30,33,36)/t18-,19+,22+,24+,26?,28+,42?/m0/s1. The first-order valence-corrected chi connectivity index (χ1v) is 14.6. The smallest absolute Gasteiger partial charge is 0.457 e. The molecule has 1 aliphatic heterocycles. The molecule has 3 N–H and O–H groups in total. The topological polar surface area (TPSA) is 182 Å². The molecule has 0 radical (unpaired) electrons. The van der Waals surface area contributed by atoms with Gasteiger partial charge in [0.1, 0.15) is 35.5 Å². The molecule has 13 nitrogen and oxygen atoms in total. The summed E-state index contributed by atoms with van der Waals surface area (Å²) >= 11 is 0. The van der Waals surface area contributed by atoms with E-state index in [0.717, 1.165) is 22.4 Å². The largest absolute Gasteiger partial charge is 0.459 e. The van der Waals surface area contributed by atoms with Crippen molar-refractivity contribution in [2.24, 2.45) is 5.41 Å². The number of hydrogen-bond acceptors (Lipinski definition) is 10. The van der Waals surface area contributed by atoms with Crippen LogP contribution < -0.4 is 20.9 Å². The molecular weight excluding hydrogens is 567 g/mol. The zero-order valence-corrected chi connectivity index (χ0v) is 24.0. The van der Waals surface area contributed by atoms with Crippen LogP contribution in [0.5, 0.6) is 5.75 Å². The number of ether oxygens (including phenoxy) is 2. The Morgan fingerprint density at radius 1 is 1.17 bits per heavy atom. The highest BCUT2D eigenvalue weighted by Gasteiger charge is 2.55. The summed E-state index contributed by atoms with van der Waals surface area (Å²) in [5.41, 5.74) is -2.38. The quantitative estimate of drug-likeness (QED) is 0.218. The van der Waals surface area contributed by atoms with Gasteiger partial charge in [0.05, 0.1) is 12.7 Å². The molecule has 0 saturated carbocycles. The number of para-hydroxylation sites is 1. The molecule has 2 aromatic carbocycles. The number of H-pyrrole nitrogens is 1. The molecule has 42 heavy (non-hydrogen) atoms. The highest BCUT2D eigenvalue weighted by Crippen LogP contribution is 2.48. The van der Waals surface area contributed by atoms with E-state index in [1.165, 1.54) is 26.0 Å². The van der Waals surface area contributed by atoms with Crippen LogP contribution in [-0.4, -0.2) is 45.5 Å². The monoisotopic (exact) mass is 598 g/mol. The van der Waals surface area contributed by atoms with Gasteiger partial charge >= 0.3 is 19.4 Å². The molecule has 222 valence electrons. The fourth-order valence-corrected chi connectivity index (χ4v) is 5.87. The van der Waals surface area contributed by atoms with Crippen molar-refractivity contribution in [2.75, 3.05) is 6.61 Å². The van der Waals surface area contributed by atoms with Crippen molar-refractivity contribution in [1.82, 2.24) is 14.6 Å². The number of aromatic amines is 1. The van der Waals surface area contributed by atoms with Crippen molar-refractivity contribution >= 4 is 13.7 Å². The minimum absolute atomic E-state index is 0.166. The predicted molar refractivity (Wildman–Crippen MR) is 149 cm³/mol. The fraction of sp³-hybridized carbons (Fsp3) is 0.357. The van der Waals surface area contributed by atoms with Crippen LogP contribution in [0.1, 0.15) is 38.7 Å². The Bertz CT molecular complexity index is 1590. The maximum absolute atomic E-state index is 13.9. The van der Waals surface area contributed by atoms with Crippen LogP contribution in [0.2, 0.25) is 0 Å². The van der Waals surface area contributed by atoms with E-state index in [9.17, 15) is 29.3 Å². The van der Waals surface area contributed by atoms with Gasteiger partial charge in [-0.3, -0.25) is 23.7 Å². The predicted octanol–water partition coefficient (Wildman–Crippen LogP) is 2.81. The molecule has 2 heterocycles. The van der Waals surface area contributed by atoms with E-state index >= 15 is 0 Å². The lowest BCUT2D eigenvalue weighted by atomic mass is 9.84. The van der Waals surface area contributed by atoms with Crippen LogP contribution in [-0.2, 0) is 23.4 Å². The molecule has 4 rings (SSSR count).